The molecule has 3 nitrogen and oxygen atoms in total. The molecule has 1 aromatic carbocycles. The fourth-order valence-corrected chi connectivity index (χ4v) is 2.43. The van der Waals surface area contributed by atoms with E-state index in [9.17, 15) is 4.39 Å². The van der Waals surface area contributed by atoms with Crippen LogP contribution in [0.5, 0.6) is 0 Å². The molecule has 2 rings (SSSR count). The number of benzene rings is 1. The minimum absolute atomic E-state index is 0.0929. The van der Waals surface area contributed by atoms with Crippen LogP contribution >= 0.6 is 11.6 Å². The normalized spacial score (nSPS) is 12.4. The minimum atomic E-state index is -0.416. The van der Waals surface area contributed by atoms with Gasteiger partial charge in [-0.1, -0.05) is 23.7 Å². The molecule has 3 N–H and O–H groups in total. The average molecular weight is 294 g/mol. The topological polar surface area (TPSA) is 50.9 Å². The van der Waals surface area contributed by atoms with Crippen LogP contribution in [0, 0.1) is 19.7 Å². The quantitative estimate of drug-likeness (QED) is 0.672. The van der Waals surface area contributed by atoms with Gasteiger partial charge < -0.3 is 0 Å². The van der Waals surface area contributed by atoms with Crippen LogP contribution in [0.2, 0.25) is 5.02 Å². The van der Waals surface area contributed by atoms with E-state index in [1.54, 1.807) is 12.1 Å². The van der Waals surface area contributed by atoms with Crippen LogP contribution in [0.25, 0.3) is 0 Å². The van der Waals surface area contributed by atoms with Crippen LogP contribution in [0.15, 0.2) is 30.3 Å². The third kappa shape index (κ3) is 3.33. The SMILES string of the molecule is Cc1ccc(C(Cc2ccc(F)c(Cl)c2)NN)c(C)n1. The summed E-state index contributed by atoms with van der Waals surface area (Å²) < 4.78 is 13.2. The standard InChI is InChI=1S/C15H17ClFN3/c1-9-3-5-12(10(2)19-9)15(20-18)8-11-4-6-14(17)13(16)7-11/h3-7,15,20H,8,18H2,1-2H3. The molecule has 1 unspecified atom stereocenters. The number of halogens is 2. The van der Waals surface area contributed by atoms with E-state index >= 15 is 0 Å². The summed E-state index contributed by atoms with van der Waals surface area (Å²) in [6.07, 6.45) is 0.613. The van der Waals surface area contributed by atoms with Crippen molar-refractivity contribution >= 4 is 11.6 Å². The molecule has 20 heavy (non-hydrogen) atoms. The summed E-state index contributed by atoms with van der Waals surface area (Å²) in [5, 5.41) is 0.122. The zero-order chi connectivity index (χ0) is 14.7. The van der Waals surface area contributed by atoms with Crippen molar-refractivity contribution in [2.45, 2.75) is 26.3 Å². The van der Waals surface area contributed by atoms with Gasteiger partial charge in [-0.2, -0.15) is 0 Å². The number of hydrogen-bond donors (Lipinski definition) is 2. The van der Waals surface area contributed by atoms with Crippen molar-refractivity contribution in [3.05, 3.63) is 63.7 Å². The van der Waals surface area contributed by atoms with Gasteiger partial charge in [-0.15, -0.1) is 0 Å². The molecule has 0 aliphatic heterocycles. The van der Waals surface area contributed by atoms with Gasteiger partial charge in [-0.3, -0.25) is 16.3 Å². The van der Waals surface area contributed by atoms with Gasteiger partial charge in [0.05, 0.1) is 11.1 Å². The maximum Gasteiger partial charge on any atom is 0.141 e. The second kappa shape index (κ2) is 6.31. The molecule has 0 fully saturated rings. The van der Waals surface area contributed by atoms with E-state index in [4.69, 9.17) is 17.4 Å². The molecule has 106 valence electrons. The van der Waals surface area contributed by atoms with Gasteiger partial charge in [0, 0.05) is 11.4 Å². The molecule has 1 aromatic heterocycles. The predicted molar refractivity (Wildman–Crippen MR) is 78.9 cm³/mol. The van der Waals surface area contributed by atoms with Crippen molar-refractivity contribution in [2.24, 2.45) is 5.84 Å². The van der Waals surface area contributed by atoms with Crippen molar-refractivity contribution in [3.8, 4) is 0 Å². The monoisotopic (exact) mass is 293 g/mol. The maximum atomic E-state index is 13.2. The first-order valence-corrected chi connectivity index (χ1v) is 6.73. The Morgan fingerprint density at radius 1 is 1.30 bits per heavy atom. The second-order valence-corrected chi connectivity index (χ2v) is 5.21. The highest BCUT2D eigenvalue weighted by Crippen LogP contribution is 2.23. The predicted octanol–water partition coefficient (Wildman–Crippen LogP) is 3.24. The van der Waals surface area contributed by atoms with E-state index in [0.29, 0.717) is 6.42 Å². The lowest BCUT2D eigenvalue weighted by molar-refractivity contribution is 0.545. The summed E-state index contributed by atoms with van der Waals surface area (Å²) >= 11 is 5.80. The molecule has 0 bridgehead atoms. The molecule has 0 amide bonds. The van der Waals surface area contributed by atoms with Crippen molar-refractivity contribution in [2.75, 3.05) is 0 Å². The molecule has 0 radical (unpaired) electrons. The van der Waals surface area contributed by atoms with E-state index in [2.05, 4.69) is 10.4 Å². The van der Waals surface area contributed by atoms with Crippen LogP contribution in [-0.2, 0) is 6.42 Å². The highest BCUT2D eigenvalue weighted by atomic mass is 35.5. The lowest BCUT2D eigenvalue weighted by atomic mass is 9.98. The number of rotatable bonds is 4. The highest BCUT2D eigenvalue weighted by molar-refractivity contribution is 6.30. The second-order valence-electron chi connectivity index (χ2n) is 4.80. The van der Waals surface area contributed by atoms with E-state index in [0.717, 1.165) is 22.5 Å². The smallest absolute Gasteiger partial charge is 0.141 e. The number of aryl methyl sites for hydroxylation is 2. The Bertz CT molecular complexity index is 616. The zero-order valence-corrected chi connectivity index (χ0v) is 12.2. The Morgan fingerprint density at radius 2 is 2.05 bits per heavy atom. The van der Waals surface area contributed by atoms with E-state index in [1.165, 1.54) is 6.07 Å². The lowest BCUT2D eigenvalue weighted by Crippen LogP contribution is -2.30. The third-order valence-electron chi connectivity index (χ3n) is 3.27. The van der Waals surface area contributed by atoms with Gasteiger partial charge in [-0.05, 0) is 49.6 Å². The van der Waals surface area contributed by atoms with E-state index < -0.39 is 5.82 Å². The van der Waals surface area contributed by atoms with Crippen molar-refractivity contribution in [1.29, 1.82) is 0 Å². The van der Waals surface area contributed by atoms with Crippen molar-refractivity contribution in [1.82, 2.24) is 10.4 Å². The van der Waals surface area contributed by atoms with Gasteiger partial charge >= 0.3 is 0 Å². The first-order valence-electron chi connectivity index (χ1n) is 6.35. The molecular weight excluding hydrogens is 277 g/mol. The molecule has 1 atom stereocenters. The summed E-state index contributed by atoms with van der Waals surface area (Å²) in [5.74, 6) is 5.23. The van der Waals surface area contributed by atoms with Crippen LogP contribution < -0.4 is 11.3 Å². The summed E-state index contributed by atoms with van der Waals surface area (Å²) in [6.45, 7) is 3.89. The first-order chi connectivity index (χ1) is 9.51. The Hall–Kier alpha value is -1.49. The molecule has 5 heteroatoms. The average Bonchev–Trinajstić information content (AvgIpc) is 2.41. The number of nitrogens with one attached hydrogen (secondary N) is 1. The molecule has 0 saturated carbocycles. The molecule has 0 spiro atoms. The molecule has 2 aromatic rings. The Morgan fingerprint density at radius 3 is 2.65 bits per heavy atom. The van der Waals surface area contributed by atoms with Gasteiger partial charge in [0.15, 0.2) is 0 Å². The molecule has 0 saturated heterocycles. The molecular formula is C15H17ClFN3. The summed E-state index contributed by atoms with van der Waals surface area (Å²) in [4.78, 5) is 4.43. The molecule has 0 aliphatic carbocycles. The number of nitrogens with two attached hydrogens (primary N) is 1. The third-order valence-corrected chi connectivity index (χ3v) is 3.56. The van der Waals surface area contributed by atoms with Crippen LogP contribution in [0.4, 0.5) is 4.39 Å². The zero-order valence-electron chi connectivity index (χ0n) is 11.5. The fourth-order valence-electron chi connectivity index (χ4n) is 2.23. The molecule has 1 heterocycles. The summed E-state index contributed by atoms with van der Waals surface area (Å²) in [7, 11) is 0. The van der Waals surface area contributed by atoms with Gasteiger partial charge in [0.1, 0.15) is 5.82 Å². The Kier molecular flexibility index (Phi) is 4.70. The number of aromatic nitrogens is 1. The summed E-state index contributed by atoms with van der Waals surface area (Å²) in [5.41, 5.74) is 6.62. The first kappa shape index (κ1) is 14.9. The Balaban J connectivity index is 2.26. The summed E-state index contributed by atoms with van der Waals surface area (Å²) in [6, 6.07) is 8.56. The number of hydrazine groups is 1. The van der Waals surface area contributed by atoms with Gasteiger partial charge in [0.2, 0.25) is 0 Å². The van der Waals surface area contributed by atoms with Crippen LogP contribution in [-0.4, -0.2) is 4.98 Å². The number of nitrogens with zero attached hydrogens (tertiary/aromatic N) is 1. The van der Waals surface area contributed by atoms with Gasteiger partial charge in [0.25, 0.3) is 0 Å². The van der Waals surface area contributed by atoms with E-state index in [-0.39, 0.29) is 11.1 Å². The molecule has 0 aliphatic rings. The van der Waals surface area contributed by atoms with E-state index in [1.807, 2.05) is 26.0 Å². The fraction of sp³-hybridized carbons (Fsp3) is 0.267. The minimum Gasteiger partial charge on any atom is -0.271 e. The van der Waals surface area contributed by atoms with Crippen LogP contribution in [0.1, 0.15) is 28.6 Å². The number of hydrogen-bond acceptors (Lipinski definition) is 3. The highest BCUT2D eigenvalue weighted by Gasteiger charge is 2.14. The number of pyridine rings is 1. The van der Waals surface area contributed by atoms with Crippen LogP contribution in [0.3, 0.4) is 0 Å². The maximum absolute atomic E-state index is 13.2. The van der Waals surface area contributed by atoms with Crippen molar-refractivity contribution in [3.63, 3.8) is 0 Å². The lowest BCUT2D eigenvalue weighted by Gasteiger charge is -2.18. The van der Waals surface area contributed by atoms with Gasteiger partial charge in [-0.25, -0.2) is 4.39 Å². The van der Waals surface area contributed by atoms with Crippen molar-refractivity contribution < 1.29 is 4.39 Å². The largest absolute Gasteiger partial charge is 0.271 e. The Labute approximate surface area is 122 Å².